The summed E-state index contributed by atoms with van der Waals surface area (Å²) in [5.41, 5.74) is 12.5. The molecule has 1 aliphatic heterocycles. The summed E-state index contributed by atoms with van der Waals surface area (Å²) < 4.78 is 0. The van der Waals surface area contributed by atoms with Crippen molar-refractivity contribution < 1.29 is 9.59 Å². The SMILES string of the molecule is CN1CCN(c2ccc(N)cc2C(N)=O)CC1=O. The smallest absolute Gasteiger partial charge is 0.250 e. The van der Waals surface area contributed by atoms with Crippen molar-refractivity contribution in [2.75, 3.05) is 37.3 Å². The van der Waals surface area contributed by atoms with Crippen molar-refractivity contribution >= 4 is 23.2 Å². The van der Waals surface area contributed by atoms with Crippen LogP contribution in [0.4, 0.5) is 11.4 Å². The predicted molar refractivity (Wildman–Crippen MR) is 69.2 cm³/mol. The second-order valence-electron chi connectivity index (χ2n) is 4.38. The highest BCUT2D eigenvalue weighted by Crippen LogP contribution is 2.24. The van der Waals surface area contributed by atoms with E-state index >= 15 is 0 Å². The molecule has 1 aromatic rings. The maximum Gasteiger partial charge on any atom is 0.250 e. The minimum Gasteiger partial charge on any atom is -0.399 e. The molecule has 0 atom stereocenters. The van der Waals surface area contributed by atoms with Gasteiger partial charge in [0.2, 0.25) is 5.91 Å². The second kappa shape index (κ2) is 4.56. The first kappa shape index (κ1) is 12.2. The van der Waals surface area contributed by atoms with Crippen molar-refractivity contribution in [1.82, 2.24) is 4.90 Å². The first-order valence-corrected chi connectivity index (χ1v) is 5.67. The van der Waals surface area contributed by atoms with E-state index in [0.717, 1.165) is 0 Å². The first-order chi connectivity index (χ1) is 8.49. The van der Waals surface area contributed by atoms with Gasteiger partial charge in [-0.3, -0.25) is 9.59 Å². The summed E-state index contributed by atoms with van der Waals surface area (Å²) in [7, 11) is 1.76. The van der Waals surface area contributed by atoms with Gasteiger partial charge >= 0.3 is 0 Å². The Morgan fingerprint density at radius 2 is 2.06 bits per heavy atom. The fraction of sp³-hybridized carbons (Fsp3) is 0.333. The number of carbonyl (C=O) groups excluding carboxylic acids is 2. The molecule has 1 saturated heterocycles. The molecule has 4 N–H and O–H groups in total. The fourth-order valence-corrected chi connectivity index (χ4v) is 1.99. The molecule has 6 nitrogen and oxygen atoms in total. The third-order valence-electron chi connectivity index (χ3n) is 3.08. The van der Waals surface area contributed by atoms with E-state index in [9.17, 15) is 9.59 Å². The van der Waals surface area contributed by atoms with E-state index in [0.29, 0.717) is 30.0 Å². The molecule has 1 aliphatic rings. The van der Waals surface area contributed by atoms with E-state index in [1.165, 1.54) is 0 Å². The Hall–Kier alpha value is -2.24. The van der Waals surface area contributed by atoms with Gasteiger partial charge in [0.15, 0.2) is 0 Å². The zero-order valence-corrected chi connectivity index (χ0v) is 10.2. The molecule has 0 saturated carbocycles. The number of nitrogens with zero attached hydrogens (tertiary/aromatic N) is 2. The average molecular weight is 248 g/mol. The zero-order chi connectivity index (χ0) is 13.3. The molecule has 6 heteroatoms. The number of benzene rings is 1. The maximum atomic E-state index is 11.7. The predicted octanol–water partition coefficient (Wildman–Crippen LogP) is -0.354. The van der Waals surface area contributed by atoms with Gasteiger partial charge in [-0.05, 0) is 18.2 Å². The number of likely N-dealkylation sites (N-methyl/N-ethyl adjacent to an activating group) is 1. The normalized spacial score (nSPS) is 15.9. The summed E-state index contributed by atoms with van der Waals surface area (Å²) in [5, 5.41) is 0. The van der Waals surface area contributed by atoms with Gasteiger partial charge in [0.1, 0.15) is 0 Å². The van der Waals surface area contributed by atoms with E-state index in [2.05, 4.69) is 0 Å². The van der Waals surface area contributed by atoms with Crippen LogP contribution in [-0.2, 0) is 4.79 Å². The molecule has 1 aromatic carbocycles. The van der Waals surface area contributed by atoms with Crippen LogP contribution in [0, 0.1) is 0 Å². The molecule has 0 bridgehead atoms. The van der Waals surface area contributed by atoms with Crippen LogP contribution in [0.25, 0.3) is 0 Å². The van der Waals surface area contributed by atoms with Crippen LogP contribution in [0.5, 0.6) is 0 Å². The molecule has 1 heterocycles. The minimum absolute atomic E-state index is 0.0218. The number of nitrogens with two attached hydrogens (primary N) is 2. The van der Waals surface area contributed by atoms with Gasteiger partial charge in [-0.1, -0.05) is 0 Å². The largest absolute Gasteiger partial charge is 0.399 e. The standard InChI is InChI=1S/C12H16N4O2/c1-15-4-5-16(7-11(15)17)10-3-2-8(13)6-9(10)12(14)18/h2-3,6H,4-5,7,13H2,1H3,(H2,14,18). The van der Waals surface area contributed by atoms with Gasteiger partial charge < -0.3 is 21.3 Å². The van der Waals surface area contributed by atoms with Gasteiger partial charge in [-0.15, -0.1) is 0 Å². The summed E-state index contributed by atoms with van der Waals surface area (Å²) in [6, 6.07) is 4.97. The lowest BCUT2D eigenvalue weighted by atomic mass is 10.1. The van der Waals surface area contributed by atoms with E-state index in [4.69, 9.17) is 11.5 Å². The Labute approximate surface area is 105 Å². The van der Waals surface area contributed by atoms with Crippen LogP contribution in [-0.4, -0.2) is 43.4 Å². The number of piperazine rings is 1. The van der Waals surface area contributed by atoms with Crippen LogP contribution in [0.1, 0.15) is 10.4 Å². The van der Waals surface area contributed by atoms with Crippen molar-refractivity contribution in [3.05, 3.63) is 23.8 Å². The van der Waals surface area contributed by atoms with Gasteiger partial charge in [0, 0.05) is 25.8 Å². The van der Waals surface area contributed by atoms with Crippen molar-refractivity contribution in [3.8, 4) is 0 Å². The number of amides is 2. The molecule has 0 radical (unpaired) electrons. The highest BCUT2D eigenvalue weighted by atomic mass is 16.2. The van der Waals surface area contributed by atoms with E-state index < -0.39 is 5.91 Å². The van der Waals surface area contributed by atoms with Gasteiger partial charge in [0.05, 0.1) is 17.8 Å². The van der Waals surface area contributed by atoms with E-state index in [1.807, 2.05) is 4.90 Å². The summed E-state index contributed by atoms with van der Waals surface area (Å²) in [6.07, 6.45) is 0. The molecular weight excluding hydrogens is 232 g/mol. The maximum absolute atomic E-state index is 11.7. The highest BCUT2D eigenvalue weighted by Gasteiger charge is 2.23. The molecule has 2 amide bonds. The third-order valence-corrected chi connectivity index (χ3v) is 3.08. The van der Waals surface area contributed by atoms with Crippen molar-refractivity contribution in [1.29, 1.82) is 0 Å². The molecule has 0 aromatic heterocycles. The van der Waals surface area contributed by atoms with Crippen LogP contribution >= 0.6 is 0 Å². The molecular formula is C12H16N4O2. The summed E-state index contributed by atoms with van der Waals surface area (Å²) in [4.78, 5) is 26.6. The van der Waals surface area contributed by atoms with Crippen molar-refractivity contribution in [2.24, 2.45) is 5.73 Å². The van der Waals surface area contributed by atoms with Gasteiger partial charge in [-0.2, -0.15) is 0 Å². The lowest BCUT2D eigenvalue weighted by molar-refractivity contribution is -0.129. The molecule has 1 fully saturated rings. The van der Waals surface area contributed by atoms with Gasteiger partial charge in [0.25, 0.3) is 5.91 Å². The average Bonchev–Trinajstić information content (AvgIpc) is 2.32. The van der Waals surface area contributed by atoms with Crippen molar-refractivity contribution in [2.45, 2.75) is 0 Å². The molecule has 0 unspecified atom stereocenters. The Morgan fingerprint density at radius 1 is 1.33 bits per heavy atom. The number of primary amides is 1. The minimum atomic E-state index is -0.538. The third kappa shape index (κ3) is 2.22. The molecule has 0 spiro atoms. The number of nitrogen functional groups attached to an aromatic ring is 1. The second-order valence-corrected chi connectivity index (χ2v) is 4.38. The number of anilines is 2. The molecule has 0 aliphatic carbocycles. The van der Waals surface area contributed by atoms with E-state index in [-0.39, 0.29) is 12.5 Å². The molecule has 2 rings (SSSR count). The number of hydrogen-bond acceptors (Lipinski definition) is 4. The Balaban J connectivity index is 2.33. The van der Waals surface area contributed by atoms with Crippen molar-refractivity contribution in [3.63, 3.8) is 0 Å². The lowest BCUT2D eigenvalue weighted by Crippen LogP contribution is -2.49. The topological polar surface area (TPSA) is 92.7 Å². The number of rotatable bonds is 2. The molecule has 18 heavy (non-hydrogen) atoms. The number of carbonyl (C=O) groups is 2. The Bertz CT molecular complexity index is 501. The summed E-state index contributed by atoms with van der Waals surface area (Å²) in [5.74, 6) is -0.517. The van der Waals surface area contributed by atoms with E-state index in [1.54, 1.807) is 30.1 Å². The van der Waals surface area contributed by atoms with Crippen LogP contribution in [0.2, 0.25) is 0 Å². The Morgan fingerprint density at radius 3 is 2.67 bits per heavy atom. The van der Waals surface area contributed by atoms with Crippen LogP contribution < -0.4 is 16.4 Å². The monoisotopic (exact) mass is 248 g/mol. The quantitative estimate of drug-likeness (QED) is 0.699. The molecule has 96 valence electrons. The zero-order valence-electron chi connectivity index (χ0n) is 10.2. The van der Waals surface area contributed by atoms with Gasteiger partial charge in [-0.25, -0.2) is 0 Å². The van der Waals surface area contributed by atoms with Crippen LogP contribution in [0.3, 0.4) is 0 Å². The fourth-order valence-electron chi connectivity index (χ4n) is 1.99. The number of hydrogen-bond donors (Lipinski definition) is 2. The lowest BCUT2D eigenvalue weighted by Gasteiger charge is -2.34. The first-order valence-electron chi connectivity index (χ1n) is 5.67. The summed E-state index contributed by atoms with van der Waals surface area (Å²) in [6.45, 7) is 1.55. The van der Waals surface area contributed by atoms with Crippen LogP contribution in [0.15, 0.2) is 18.2 Å². The Kier molecular flexibility index (Phi) is 3.10. The highest BCUT2D eigenvalue weighted by molar-refractivity contribution is 6.00. The summed E-state index contributed by atoms with van der Waals surface area (Å²) >= 11 is 0.